The number of hydrogen-bond donors (Lipinski definition) is 1. The molecule has 0 radical (unpaired) electrons. The van der Waals surface area contributed by atoms with Crippen LogP contribution in [0.5, 0.6) is 0 Å². The lowest BCUT2D eigenvalue weighted by Gasteiger charge is -2.11. The monoisotopic (exact) mass is 331 g/mol. The maximum atomic E-state index is 11.8. The van der Waals surface area contributed by atoms with E-state index in [-0.39, 0.29) is 18.9 Å². The van der Waals surface area contributed by atoms with Crippen molar-refractivity contribution in [2.75, 3.05) is 18.5 Å². The highest BCUT2D eigenvalue weighted by molar-refractivity contribution is 6.36. The normalized spacial score (nSPS) is 11.0. The maximum Gasteiger partial charge on any atom is 0.355 e. The topological polar surface area (TPSA) is 64.6 Å². The molecule has 0 amide bonds. The van der Waals surface area contributed by atoms with Crippen molar-refractivity contribution in [2.45, 2.75) is 13.8 Å². The van der Waals surface area contributed by atoms with E-state index in [0.717, 1.165) is 6.08 Å². The number of anilines is 1. The van der Waals surface area contributed by atoms with Crippen LogP contribution in [0.1, 0.15) is 13.8 Å². The number of carbonyl (C=O) groups is 2. The van der Waals surface area contributed by atoms with Crippen molar-refractivity contribution in [1.29, 1.82) is 0 Å². The third-order valence-electron chi connectivity index (χ3n) is 2.24. The highest BCUT2D eigenvalue weighted by Crippen LogP contribution is 2.26. The number of hydrogen-bond acceptors (Lipinski definition) is 5. The van der Waals surface area contributed by atoms with E-state index in [2.05, 4.69) is 5.32 Å². The number of benzene rings is 1. The summed E-state index contributed by atoms with van der Waals surface area (Å²) in [4.78, 5) is 23.3. The molecule has 1 aromatic carbocycles. The Morgan fingerprint density at radius 2 is 1.86 bits per heavy atom. The molecule has 0 aromatic heterocycles. The Labute approximate surface area is 132 Å². The van der Waals surface area contributed by atoms with E-state index in [1.165, 1.54) is 6.07 Å². The first-order valence-corrected chi connectivity index (χ1v) is 7.01. The van der Waals surface area contributed by atoms with E-state index >= 15 is 0 Å². The number of carbonyl (C=O) groups excluding carboxylic acids is 2. The molecular weight excluding hydrogens is 317 g/mol. The van der Waals surface area contributed by atoms with Crippen molar-refractivity contribution < 1.29 is 19.1 Å². The van der Waals surface area contributed by atoms with Gasteiger partial charge in [-0.2, -0.15) is 0 Å². The van der Waals surface area contributed by atoms with E-state index in [4.69, 9.17) is 32.7 Å². The highest BCUT2D eigenvalue weighted by atomic mass is 35.5. The fourth-order valence-corrected chi connectivity index (χ4v) is 1.85. The Balaban J connectivity index is 3.01. The second-order valence-corrected chi connectivity index (χ2v) is 4.62. The molecule has 1 aromatic rings. The highest BCUT2D eigenvalue weighted by Gasteiger charge is 2.15. The zero-order valence-electron chi connectivity index (χ0n) is 11.6. The van der Waals surface area contributed by atoms with Gasteiger partial charge in [-0.1, -0.05) is 23.2 Å². The lowest BCUT2D eigenvalue weighted by molar-refractivity contribution is -0.140. The Morgan fingerprint density at radius 1 is 1.19 bits per heavy atom. The summed E-state index contributed by atoms with van der Waals surface area (Å²) in [6.45, 7) is 3.70. The first-order valence-electron chi connectivity index (χ1n) is 6.25. The molecule has 7 heteroatoms. The van der Waals surface area contributed by atoms with E-state index in [0.29, 0.717) is 15.7 Å². The summed E-state index contributed by atoms with van der Waals surface area (Å²) in [5, 5.41) is 3.51. The van der Waals surface area contributed by atoms with Gasteiger partial charge in [-0.15, -0.1) is 0 Å². The summed E-state index contributed by atoms with van der Waals surface area (Å²) in [6, 6.07) is 4.70. The Hall–Kier alpha value is -1.72. The average Bonchev–Trinajstić information content (AvgIpc) is 2.41. The standard InChI is InChI=1S/C14H15Cl2NO4/c1-3-20-13(18)8-12(14(19)21-4-2)17-11-6-5-9(15)7-10(11)16/h5-8,17H,3-4H2,1-2H3/b12-8-. The van der Waals surface area contributed by atoms with Crippen LogP contribution < -0.4 is 5.32 Å². The minimum absolute atomic E-state index is 0.0699. The van der Waals surface area contributed by atoms with Crippen LogP contribution >= 0.6 is 23.2 Å². The number of esters is 2. The molecule has 0 aliphatic carbocycles. The van der Waals surface area contributed by atoms with Crippen molar-refractivity contribution in [3.8, 4) is 0 Å². The van der Waals surface area contributed by atoms with Gasteiger partial charge in [0.15, 0.2) is 0 Å². The number of halogens is 2. The van der Waals surface area contributed by atoms with Crippen LogP contribution in [0.4, 0.5) is 5.69 Å². The van der Waals surface area contributed by atoms with Crippen molar-refractivity contribution in [3.63, 3.8) is 0 Å². The van der Waals surface area contributed by atoms with Crippen LogP contribution in [0.15, 0.2) is 30.0 Å². The molecule has 5 nitrogen and oxygen atoms in total. The number of rotatable bonds is 6. The van der Waals surface area contributed by atoms with Crippen LogP contribution in [-0.2, 0) is 19.1 Å². The average molecular weight is 332 g/mol. The smallest absolute Gasteiger partial charge is 0.355 e. The molecule has 1 rings (SSSR count). The molecular formula is C14H15Cl2NO4. The molecule has 0 saturated heterocycles. The lowest BCUT2D eigenvalue weighted by atomic mass is 10.3. The number of nitrogens with one attached hydrogen (secondary N) is 1. The van der Waals surface area contributed by atoms with Crippen LogP contribution in [0, 0.1) is 0 Å². The van der Waals surface area contributed by atoms with Crippen LogP contribution in [0.3, 0.4) is 0 Å². The van der Waals surface area contributed by atoms with Crippen molar-refractivity contribution >= 4 is 40.8 Å². The molecule has 0 aliphatic rings. The zero-order chi connectivity index (χ0) is 15.8. The summed E-state index contributed by atoms with van der Waals surface area (Å²) in [7, 11) is 0. The Kier molecular flexibility index (Phi) is 7.05. The van der Waals surface area contributed by atoms with E-state index in [1.54, 1.807) is 26.0 Å². The van der Waals surface area contributed by atoms with Crippen LogP contribution in [0.2, 0.25) is 10.0 Å². The molecule has 0 atom stereocenters. The van der Waals surface area contributed by atoms with Crippen LogP contribution in [-0.4, -0.2) is 25.2 Å². The molecule has 114 valence electrons. The van der Waals surface area contributed by atoms with E-state index in [9.17, 15) is 9.59 Å². The fraction of sp³-hybridized carbons (Fsp3) is 0.286. The fourth-order valence-electron chi connectivity index (χ4n) is 1.39. The van der Waals surface area contributed by atoms with Gasteiger partial charge in [0.25, 0.3) is 0 Å². The summed E-state index contributed by atoms with van der Waals surface area (Å²) >= 11 is 11.8. The second kappa shape index (κ2) is 8.54. The molecule has 0 heterocycles. The van der Waals surface area contributed by atoms with Crippen molar-refractivity contribution in [2.24, 2.45) is 0 Å². The third kappa shape index (κ3) is 5.65. The van der Waals surface area contributed by atoms with Crippen molar-refractivity contribution in [1.82, 2.24) is 0 Å². The zero-order valence-corrected chi connectivity index (χ0v) is 13.1. The summed E-state index contributed by atoms with van der Waals surface area (Å²) in [6.07, 6.45) is 1.02. The summed E-state index contributed by atoms with van der Waals surface area (Å²) in [5.41, 5.74) is 0.351. The van der Waals surface area contributed by atoms with Gasteiger partial charge >= 0.3 is 11.9 Å². The largest absolute Gasteiger partial charge is 0.463 e. The third-order valence-corrected chi connectivity index (χ3v) is 2.79. The summed E-state index contributed by atoms with van der Waals surface area (Å²) < 4.78 is 9.64. The minimum Gasteiger partial charge on any atom is -0.463 e. The van der Waals surface area contributed by atoms with Gasteiger partial charge in [-0.05, 0) is 32.0 Å². The van der Waals surface area contributed by atoms with Crippen LogP contribution in [0.25, 0.3) is 0 Å². The predicted octanol–water partition coefficient (Wildman–Crippen LogP) is 3.42. The molecule has 0 fully saturated rings. The quantitative estimate of drug-likeness (QED) is 0.639. The molecule has 0 bridgehead atoms. The molecule has 0 aliphatic heterocycles. The molecule has 0 saturated carbocycles. The second-order valence-electron chi connectivity index (χ2n) is 3.78. The predicted molar refractivity (Wildman–Crippen MR) is 81.4 cm³/mol. The first kappa shape index (κ1) is 17.3. The van der Waals surface area contributed by atoms with Gasteiger partial charge in [-0.3, -0.25) is 0 Å². The number of ether oxygens (including phenoxy) is 2. The van der Waals surface area contributed by atoms with Gasteiger partial charge in [0.2, 0.25) is 0 Å². The Bertz CT molecular complexity index is 558. The van der Waals surface area contributed by atoms with E-state index < -0.39 is 11.9 Å². The van der Waals surface area contributed by atoms with Crippen molar-refractivity contribution in [3.05, 3.63) is 40.0 Å². The molecule has 0 spiro atoms. The van der Waals surface area contributed by atoms with Gasteiger partial charge < -0.3 is 14.8 Å². The lowest BCUT2D eigenvalue weighted by Crippen LogP contribution is -2.17. The SMILES string of the molecule is CCOC(=O)/C=C(\Nc1ccc(Cl)cc1Cl)C(=O)OCC. The molecule has 21 heavy (non-hydrogen) atoms. The minimum atomic E-state index is -0.684. The summed E-state index contributed by atoms with van der Waals surface area (Å²) in [5.74, 6) is -1.34. The van der Waals surface area contributed by atoms with E-state index in [1.807, 2.05) is 0 Å². The Morgan fingerprint density at radius 3 is 2.43 bits per heavy atom. The molecule has 0 unspecified atom stereocenters. The maximum absolute atomic E-state index is 11.8. The van der Waals surface area contributed by atoms with Gasteiger partial charge in [-0.25, -0.2) is 9.59 Å². The van der Waals surface area contributed by atoms with Gasteiger partial charge in [0.05, 0.1) is 30.0 Å². The van der Waals surface area contributed by atoms with Gasteiger partial charge in [0, 0.05) is 5.02 Å². The first-order chi connectivity index (χ1) is 9.97. The van der Waals surface area contributed by atoms with Gasteiger partial charge in [0.1, 0.15) is 5.70 Å². The molecule has 1 N–H and O–H groups in total.